The summed E-state index contributed by atoms with van der Waals surface area (Å²) in [6, 6.07) is 4.46. The Hall–Kier alpha value is -0.440. The smallest absolute Gasteiger partial charge is 0.142 e. The summed E-state index contributed by atoms with van der Waals surface area (Å²) < 4.78 is 5.69. The minimum absolute atomic E-state index is 0.275. The Balaban J connectivity index is 2.08. The molecule has 0 aliphatic carbocycles. The summed E-state index contributed by atoms with van der Waals surface area (Å²) in [7, 11) is 0. The normalized spacial score (nSPS) is 19.6. The zero-order chi connectivity index (χ0) is 14.7. The van der Waals surface area contributed by atoms with Gasteiger partial charge in [0.2, 0.25) is 0 Å². The Morgan fingerprint density at radius 3 is 2.70 bits per heavy atom. The Bertz CT molecular complexity index is 462. The molecule has 0 fully saturated rings. The third kappa shape index (κ3) is 4.03. The van der Waals surface area contributed by atoms with E-state index in [0.717, 1.165) is 23.7 Å². The average molecular weight is 316 g/mol. The van der Waals surface area contributed by atoms with Gasteiger partial charge in [-0.25, -0.2) is 0 Å². The van der Waals surface area contributed by atoms with Crippen molar-refractivity contribution in [3.63, 3.8) is 0 Å². The van der Waals surface area contributed by atoms with Crippen molar-refractivity contribution in [3.8, 4) is 5.75 Å². The van der Waals surface area contributed by atoms with Gasteiger partial charge in [0.05, 0.1) is 11.6 Å². The number of rotatable bonds is 5. The van der Waals surface area contributed by atoms with Gasteiger partial charge in [-0.3, -0.25) is 0 Å². The van der Waals surface area contributed by atoms with E-state index in [9.17, 15) is 0 Å². The van der Waals surface area contributed by atoms with Crippen molar-refractivity contribution in [1.82, 2.24) is 5.32 Å². The number of nitrogens with one attached hydrogen (secondary N) is 1. The molecule has 2 rings (SSSR count). The fraction of sp³-hybridized carbons (Fsp3) is 0.625. The maximum atomic E-state index is 6.21. The third-order valence-electron chi connectivity index (χ3n) is 3.73. The fourth-order valence-corrected chi connectivity index (χ4v) is 3.17. The highest BCUT2D eigenvalue weighted by Gasteiger charge is 2.25. The molecule has 0 saturated carbocycles. The van der Waals surface area contributed by atoms with Gasteiger partial charge in [-0.1, -0.05) is 37.0 Å². The van der Waals surface area contributed by atoms with Crippen LogP contribution in [0.25, 0.3) is 0 Å². The second kappa shape index (κ2) is 7.02. The van der Waals surface area contributed by atoms with Crippen molar-refractivity contribution < 1.29 is 4.74 Å². The molecule has 0 amide bonds. The number of fused-ring (bicyclic) bond motifs is 1. The fourth-order valence-electron chi connectivity index (χ4n) is 2.61. The maximum Gasteiger partial charge on any atom is 0.142 e. The maximum absolute atomic E-state index is 6.21. The molecule has 0 spiro atoms. The van der Waals surface area contributed by atoms with E-state index < -0.39 is 0 Å². The highest BCUT2D eigenvalue weighted by Crippen LogP contribution is 2.40. The summed E-state index contributed by atoms with van der Waals surface area (Å²) in [5, 5.41) is 4.96. The van der Waals surface area contributed by atoms with Crippen LogP contribution >= 0.6 is 23.2 Å². The van der Waals surface area contributed by atoms with E-state index >= 15 is 0 Å². The molecule has 1 N–H and O–H groups in total. The van der Waals surface area contributed by atoms with Gasteiger partial charge in [0.15, 0.2) is 0 Å². The first-order valence-corrected chi connectivity index (χ1v) is 8.10. The monoisotopic (exact) mass is 315 g/mol. The predicted octanol–water partition coefficient (Wildman–Crippen LogP) is 5.23. The van der Waals surface area contributed by atoms with Gasteiger partial charge in [0, 0.05) is 29.1 Å². The molecule has 0 aromatic heterocycles. The van der Waals surface area contributed by atoms with Crippen LogP contribution in [0.5, 0.6) is 5.75 Å². The Labute approximate surface area is 131 Å². The van der Waals surface area contributed by atoms with Crippen molar-refractivity contribution in [3.05, 3.63) is 27.7 Å². The van der Waals surface area contributed by atoms with Gasteiger partial charge in [-0.2, -0.15) is 0 Å². The summed E-state index contributed by atoms with van der Waals surface area (Å²) in [6.45, 7) is 7.46. The second-order valence-electron chi connectivity index (χ2n) is 6.03. The molecule has 2 atom stereocenters. The van der Waals surface area contributed by atoms with Crippen LogP contribution in [-0.2, 0) is 0 Å². The summed E-state index contributed by atoms with van der Waals surface area (Å²) in [5.41, 5.74) is 1.09. The largest absolute Gasteiger partial charge is 0.492 e. The molecule has 112 valence electrons. The van der Waals surface area contributed by atoms with Crippen molar-refractivity contribution >= 4 is 23.2 Å². The van der Waals surface area contributed by atoms with E-state index in [1.54, 1.807) is 6.07 Å². The van der Waals surface area contributed by atoms with Crippen molar-refractivity contribution in [2.45, 2.75) is 52.1 Å². The van der Waals surface area contributed by atoms with Crippen LogP contribution in [0.2, 0.25) is 10.0 Å². The van der Waals surface area contributed by atoms with Crippen LogP contribution < -0.4 is 10.1 Å². The lowest BCUT2D eigenvalue weighted by molar-refractivity contribution is 0.243. The van der Waals surface area contributed by atoms with Gasteiger partial charge < -0.3 is 10.1 Å². The molecule has 0 radical (unpaired) electrons. The summed E-state index contributed by atoms with van der Waals surface area (Å²) in [6.07, 6.45) is 3.37. The average Bonchev–Trinajstić information content (AvgIpc) is 2.37. The predicted molar refractivity (Wildman–Crippen MR) is 86.0 cm³/mol. The van der Waals surface area contributed by atoms with Crippen LogP contribution in [0.4, 0.5) is 0 Å². The zero-order valence-corrected chi connectivity index (χ0v) is 13.9. The van der Waals surface area contributed by atoms with Crippen LogP contribution in [0.1, 0.15) is 51.6 Å². The number of hydrogen-bond donors (Lipinski definition) is 1. The van der Waals surface area contributed by atoms with E-state index in [1.165, 1.54) is 12.8 Å². The van der Waals surface area contributed by atoms with Gasteiger partial charge >= 0.3 is 0 Å². The van der Waals surface area contributed by atoms with Crippen LogP contribution in [0, 0.1) is 5.92 Å². The first-order chi connectivity index (χ1) is 9.47. The van der Waals surface area contributed by atoms with Crippen LogP contribution in [0.15, 0.2) is 12.1 Å². The Morgan fingerprint density at radius 2 is 2.00 bits per heavy atom. The molecule has 2 nitrogen and oxygen atoms in total. The number of hydrogen-bond acceptors (Lipinski definition) is 2. The topological polar surface area (TPSA) is 21.3 Å². The van der Waals surface area contributed by atoms with Gasteiger partial charge in [0.25, 0.3) is 0 Å². The highest BCUT2D eigenvalue weighted by molar-refractivity contribution is 6.35. The van der Waals surface area contributed by atoms with E-state index in [2.05, 4.69) is 26.1 Å². The molecule has 20 heavy (non-hydrogen) atoms. The van der Waals surface area contributed by atoms with E-state index in [-0.39, 0.29) is 6.04 Å². The van der Waals surface area contributed by atoms with E-state index in [4.69, 9.17) is 27.9 Å². The summed E-state index contributed by atoms with van der Waals surface area (Å²) in [4.78, 5) is 0. The number of ether oxygens (including phenoxy) is 1. The van der Waals surface area contributed by atoms with Crippen LogP contribution in [0.3, 0.4) is 0 Å². The highest BCUT2D eigenvalue weighted by atomic mass is 35.5. The second-order valence-corrected chi connectivity index (χ2v) is 6.88. The standard InChI is InChI=1S/C16H23Cl2NO/c1-10(2)4-5-11(3)19-15-6-7-20-16-13(15)8-12(17)9-14(16)18/h8-11,15,19H,4-7H2,1-3H3. The van der Waals surface area contributed by atoms with Crippen LogP contribution in [-0.4, -0.2) is 12.6 Å². The van der Waals surface area contributed by atoms with Gasteiger partial charge in [-0.05, 0) is 37.8 Å². The molecular formula is C16H23Cl2NO. The Morgan fingerprint density at radius 1 is 1.25 bits per heavy atom. The van der Waals surface area contributed by atoms with E-state index in [1.807, 2.05) is 6.07 Å². The van der Waals surface area contributed by atoms with E-state index in [0.29, 0.717) is 22.7 Å². The quantitative estimate of drug-likeness (QED) is 0.803. The number of benzene rings is 1. The molecule has 1 aliphatic rings. The molecule has 2 unspecified atom stereocenters. The van der Waals surface area contributed by atoms with Crippen molar-refractivity contribution in [2.75, 3.05) is 6.61 Å². The molecule has 1 aromatic rings. The molecular weight excluding hydrogens is 293 g/mol. The lowest BCUT2D eigenvalue weighted by Gasteiger charge is -2.30. The number of halogens is 2. The van der Waals surface area contributed by atoms with Gasteiger partial charge in [-0.15, -0.1) is 0 Å². The minimum atomic E-state index is 0.275. The van der Waals surface area contributed by atoms with Crippen molar-refractivity contribution in [1.29, 1.82) is 0 Å². The first-order valence-electron chi connectivity index (χ1n) is 7.35. The third-order valence-corrected chi connectivity index (χ3v) is 4.23. The molecule has 1 aliphatic heterocycles. The lowest BCUT2D eigenvalue weighted by atomic mass is 9.98. The zero-order valence-electron chi connectivity index (χ0n) is 12.4. The lowest BCUT2D eigenvalue weighted by Crippen LogP contribution is -2.34. The Kier molecular flexibility index (Phi) is 5.59. The van der Waals surface area contributed by atoms with Crippen molar-refractivity contribution in [2.24, 2.45) is 5.92 Å². The molecule has 4 heteroatoms. The molecule has 0 bridgehead atoms. The molecule has 0 saturated heterocycles. The summed E-state index contributed by atoms with van der Waals surface area (Å²) >= 11 is 12.3. The molecule has 1 heterocycles. The summed E-state index contributed by atoms with van der Waals surface area (Å²) in [5.74, 6) is 1.53. The SMILES string of the molecule is CC(C)CCC(C)NC1CCOc2c(Cl)cc(Cl)cc21. The first kappa shape index (κ1) is 15.9. The molecule has 1 aromatic carbocycles. The minimum Gasteiger partial charge on any atom is -0.492 e. The van der Waals surface area contributed by atoms with Gasteiger partial charge in [0.1, 0.15) is 5.75 Å².